The molecule has 0 N–H and O–H groups in total. The molecule has 414 valence electrons. The normalized spacial score (nSPS) is 12.7. The Morgan fingerprint density at radius 2 is 0.542 bits per heavy atom. The van der Waals surface area contributed by atoms with E-state index in [1.54, 1.807) is 0 Å². The Bertz CT molecular complexity index is 1380. The lowest BCUT2D eigenvalue weighted by Gasteiger charge is -2.18. The molecule has 0 saturated heterocycles. The number of unbranched alkanes of at least 4 members (excludes halogenated alkanes) is 30. The molecule has 6 nitrogen and oxygen atoms in total. The third-order valence-electron chi connectivity index (χ3n) is 13.1. The van der Waals surface area contributed by atoms with Crippen LogP contribution >= 0.6 is 0 Å². The van der Waals surface area contributed by atoms with Crippen molar-refractivity contribution in [1.82, 2.24) is 0 Å². The molecule has 0 fully saturated rings. The molecule has 0 spiro atoms. The van der Waals surface area contributed by atoms with Crippen LogP contribution in [0.3, 0.4) is 0 Å². The molecule has 0 saturated carbocycles. The van der Waals surface area contributed by atoms with Crippen LogP contribution in [0.25, 0.3) is 0 Å². The maximum atomic E-state index is 12.9. The molecule has 6 heteroatoms. The molecule has 0 rings (SSSR count). The van der Waals surface area contributed by atoms with Crippen molar-refractivity contribution in [2.45, 2.75) is 303 Å². The largest absolute Gasteiger partial charge is 0.462 e. The number of ether oxygens (including phenoxy) is 3. The molecule has 0 radical (unpaired) electrons. The summed E-state index contributed by atoms with van der Waals surface area (Å²) in [6.45, 7) is 6.40. The number of rotatable bonds is 55. The van der Waals surface area contributed by atoms with Gasteiger partial charge < -0.3 is 14.2 Å². The van der Waals surface area contributed by atoms with Gasteiger partial charge in [-0.25, -0.2) is 0 Å². The number of esters is 3. The van der Waals surface area contributed by atoms with Gasteiger partial charge in [-0.3, -0.25) is 14.4 Å². The molecule has 0 bridgehead atoms. The summed E-state index contributed by atoms with van der Waals surface area (Å²) in [5, 5.41) is 0. The fourth-order valence-electron chi connectivity index (χ4n) is 8.63. The number of hydrogen-bond acceptors (Lipinski definition) is 6. The van der Waals surface area contributed by atoms with Crippen molar-refractivity contribution in [3.63, 3.8) is 0 Å². The van der Waals surface area contributed by atoms with Crippen molar-refractivity contribution in [3.05, 3.63) is 85.1 Å². The molecule has 0 aliphatic heterocycles. The maximum absolute atomic E-state index is 12.9. The van der Waals surface area contributed by atoms with Gasteiger partial charge in [-0.2, -0.15) is 0 Å². The highest BCUT2D eigenvalue weighted by molar-refractivity contribution is 5.71. The standard InChI is InChI=1S/C66H114O6/c1-4-7-10-13-16-19-22-25-27-29-30-31-32-33-34-35-37-38-41-44-47-50-53-56-59-65(68)71-62-63(61-70-64(67)58-55-52-49-46-43-40-24-21-18-15-12-9-6-3)72-66(69)60-57-54-51-48-45-42-39-36-28-26-23-20-17-14-11-8-5-2/h8-9,11-12,17-18,20-21,26,28,39-40,42-43,63H,4-7,10,13-16,19,22-25,27,29-38,41,44-62H2,1-3H3/b11-8-,12-9-,20-17-,21-18-,28-26-,42-39-,43-40-. The summed E-state index contributed by atoms with van der Waals surface area (Å²) in [5.41, 5.74) is 0. The van der Waals surface area contributed by atoms with E-state index in [0.29, 0.717) is 19.3 Å². The van der Waals surface area contributed by atoms with Gasteiger partial charge >= 0.3 is 17.9 Å². The predicted molar refractivity (Wildman–Crippen MR) is 311 cm³/mol. The van der Waals surface area contributed by atoms with E-state index in [0.717, 1.165) is 122 Å². The van der Waals surface area contributed by atoms with Gasteiger partial charge in [0.1, 0.15) is 13.2 Å². The van der Waals surface area contributed by atoms with Crippen molar-refractivity contribution in [1.29, 1.82) is 0 Å². The second-order valence-electron chi connectivity index (χ2n) is 20.2. The SMILES string of the molecule is CC/C=C\C/C=C\C/C=C\C/C=C\CCCCCCC(=O)OC(COC(=O)CCCCC/C=C\C/C=C\C/C=C\CC)COC(=O)CCCCCCCCCCCCCCCCCCCCCCCCCC. The third-order valence-corrected chi connectivity index (χ3v) is 13.1. The first kappa shape index (κ1) is 68.6. The smallest absolute Gasteiger partial charge is 0.306 e. The number of allylic oxidation sites excluding steroid dienone is 14. The summed E-state index contributed by atoms with van der Waals surface area (Å²) < 4.78 is 16.8. The molecule has 0 aromatic rings. The monoisotopic (exact) mass is 1000 g/mol. The minimum atomic E-state index is -0.801. The Balaban J connectivity index is 4.32. The highest BCUT2D eigenvalue weighted by atomic mass is 16.6. The molecule has 1 unspecified atom stereocenters. The van der Waals surface area contributed by atoms with Crippen molar-refractivity contribution in [2.75, 3.05) is 13.2 Å². The second kappa shape index (κ2) is 60.1. The molecule has 0 heterocycles. The van der Waals surface area contributed by atoms with Gasteiger partial charge in [0.25, 0.3) is 0 Å². The van der Waals surface area contributed by atoms with E-state index >= 15 is 0 Å². The van der Waals surface area contributed by atoms with Gasteiger partial charge in [0.15, 0.2) is 6.10 Å². The van der Waals surface area contributed by atoms with Crippen molar-refractivity contribution < 1.29 is 28.6 Å². The van der Waals surface area contributed by atoms with E-state index in [1.807, 2.05) is 0 Å². The highest BCUT2D eigenvalue weighted by Crippen LogP contribution is 2.17. The zero-order chi connectivity index (χ0) is 52.2. The zero-order valence-electron chi connectivity index (χ0n) is 47.4. The van der Waals surface area contributed by atoms with E-state index in [4.69, 9.17) is 14.2 Å². The Morgan fingerprint density at radius 3 is 0.861 bits per heavy atom. The number of carbonyl (C=O) groups excluding carboxylic acids is 3. The summed E-state index contributed by atoms with van der Waals surface area (Å²) in [7, 11) is 0. The van der Waals surface area contributed by atoms with Gasteiger partial charge in [-0.1, -0.05) is 273 Å². The Labute approximate surface area is 445 Å². The molecule has 0 aromatic carbocycles. The maximum Gasteiger partial charge on any atom is 0.306 e. The molecule has 0 amide bonds. The van der Waals surface area contributed by atoms with E-state index in [1.165, 1.54) is 135 Å². The number of hydrogen-bond donors (Lipinski definition) is 0. The van der Waals surface area contributed by atoms with E-state index < -0.39 is 6.10 Å². The van der Waals surface area contributed by atoms with Crippen molar-refractivity contribution >= 4 is 17.9 Å². The van der Waals surface area contributed by atoms with Crippen molar-refractivity contribution in [3.8, 4) is 0 Å². The minimum absolute atomic E-state index is 0.0942. The molecule has 72 heavy (non-hydrogen) atoms. The Hall–Kier alpha value is -3.41. The average Bonchev–Trinajstić information content (AvgIpc) is 3.38. The molecule has 0 aliphatic rings. The van der Waals surface area contributed by atoms with Gasteiger partial charge in [0.05, 0.1) is 0 Å². The molecule has 0 aliphatic carbocycles. The van der Waals surface area contributed by atoms with Crippen LogP contribution in [0.4, 0.5) is 0 Å². The van der Waals surface area contributed by atoms with Gasteiger partial charge in [0, 0.05) is 19.3 Å². The van der Waals surface area contributed by atoms with Crippen LogP contribution in [0, 0.1) is 0 Å². The third kappa shape index (κ3) is 57.5. The van der Waals surface area contributed by atoms with Crippen LogP contribution in [0.1, 0.15) is 297 Å². The lowest BCUT2D eigenvalue weighted by Crippen LogP contribution is -2.30. The lowest BCUT2D eigenvalue weighted by atomic mass is 10.0. The predicted octanol–water partition coefficient (Wildman–Crippen LogP) is 20.7. The molecule has 0 aromatic heterocycles. The molecule has 1 atom stereocenters. The van der Waals surface area contributed by atoms with E-state index in [2.05, 4.69) is 106 Å². The van der Waals surface area contributed by atoms with Crippen LogP contribution in [-0.4, -0.2) is 37.2 Å². The topological polar surface area (TPSA) is 78.9 Å². The summed E-state index contributed by atoms with van der Waals surface area (Å²) in [6, 6.07) is 0. The summed E-state index contributed by atoms with van der Waals surface area (Å²) in [4.78, 5) is 38.2. The minimum Gasteiger partial charge on any atom is -0.462 e. The summed E-state index contributed by atoms with van der Waals surface area (Å²) in [5.74, 6) is -0.940. The fraction of sp³-hybridized carbons (Fsp3) is 0.742. The summed E-state index contributed by atoms with van der Waals surface area (Å²) in [6.07, 6.45) is 78.8. The van der Waals surface area contributed by atoms with Crippen LogP contribution in [0.15, 0.2) is 85.1 Å². The van der Waals surface area contributed by atoms with Gasteiger partial charge in [-0.05, 0) is 89.9 Å². The second-order valence-corrected chi connectivity index (χ2v) is 20.2. The first-order valence-electron chi connectivity index (χ1n) is 30.6. The fourth-order valence-corrected chi connectivity index (χ4v) is 8.63. The average molecular weight is 1000 g/mol. The molecular weight excluding hydrogens is 889 g/mol. The van der Waals surface area contributed by atoms with Crippen LogP contribution in [-0.2, 0) is 28.6 Å². The summed E-state index contributed by atoms with van der Waals surface area (Å²) >= 11 is 0. The van der Waals surface area contributed by atoms with Crippen molar-refractivity contribution in [2.24, 2.45) is 0 Å². The van der Waals surface area contributed by atoms with E-state index in [9.17, 15) is 14.4 Å². The van der Waals surface area contributed by atoms with Crippen LogP contribution < -0.4 is 0 Å². The van der Waals surface area contributed by atoms with Crippen LogP contribution in [0.5, 0.6) is 0 Å². The van der Waals surface area contributed by atoms with Crippen LogP contribution in [0.2, 0.25) is 0 Å². The van der Waals surface area contributed by atoms with Gasteiger partial charge in [-0.15, -0.1) is 0 Å². The Morgan fingerprint density at radius 1 is 0.292 bits per heavy atom. The lowest BCUT2D eigenvalue weighted by molar-refractivity contribution is -0.167. The zero-order valence-corrected chi connectivity index (χ0v) is 47.4. The Kier molecular flexibility index (Phi) is 57.3. The molecular formula is C66H114O6. The van der Waals surface area contributed by atoms with Gasteiger partial charge in [0.2, 0.25) is 0 Å². The van der Waals surface area contributed by atoms with E-state index in [-0.39, 0.29) is 31.1 Å². The quantitative estimate of drug-likeness (QED) is 0.0261. The highest BCUT2D eigenvalue weighted by Gasteiger charge is 2.19. The first-order valence-corrected chi connectivity index (χ1v) is 30.6. The number of carbonyl (C=O) groups is 3. The first-order chi connectivity index (χ1) is 35.5.